The molecule has 5 heteroatoms. The summed E-state index contributed by atoms with van der Waals surface area (Å²) in [5.74, 6) is -0.510. The number of nitrogens with two attached hydrogens (primary N) is 1. The molecule has 14 heavy (non-hydrogen) atoms. The molecule has 2 N–H and O–H groups in total. The summed E-state index contributed by atoms with van der Waals surface area (Å²) in [5, 5.41) is 0. The second-order valence-electron chi connectivity index (χ2n) is 3.13. The highest BCUT2D eigenvalue weighted by Gasteiger charge is 2.12. The normalized spacial score (nSPS) is 25.1. The second-order valence-corrected chi connectivity index (χ2v) is 3.39. The van der Waals surface area contributed by atoms with E-state index in [0.717, 1.165) is 25.3 Å². The van der Waals surface area contributed by atoms with Crippen LogP contribution < -0.4 is 5.73 Å². The van der Waals surface area contributed by atoms with Gasteiger partial charge in [-0.15, -0.1) is 11.6 Å². The number of alkyl halides is 1. The number of nitrogens with zero attached hydrogens (tertiary/aromatic N) is 1. The molecule has 0 aliphatic carbocycles. The zero-order valence-corrected chi connectivity index (χ0v) is 8.63. The molecule has 1 unspecified atom stereocenters. The summed E-state index contributed by atoms with van der Waals surface area (Å²) in [5.41, 5.74) is 5.61. The van der Waals surface area contributed by atoms with Gasteiger partial charge in [0, 0.05) is 18.4 Å². The summed E-state index contributed by atoms with van der Waals surface area (Å²) in [6.45, 7) is 0.649. The molecule has 1 saturated heterocycles. The number of hydrogen-bond acceptors (Lipinski definition) is 3. The molecule has 0 spiro atoms. The van der Waals surface area contributed by atoms with Gasteiger partial charge in [-0.25, -0.2) is 4.99 Å². The molecule has 1 heterocycles. The van der Waals surface area contributed by atoms with E-state index in [0.29, 0.717) is 6.61 Å². The maximum atomic E-state index is 13.1. The fraction of sp³-hybridized carbons (Fsp3) is 0.667. The van der Waals surface area contributed by atoms with Crippen LogP contribution in [0.4, 0.5) is 4.39 Å². The molecule has 0 aromatic carbocycles. The fourth-order valence-electron chi connectivity index (χ4n) is 1.19. The predicted octanol–water partition coefficient (Wildman–Crippen LogP) is 1.96. The van der Waals surface area contributed by atoms with Gasteiger partial charge in [-0.3, -0.25) is 0 Å². The van der Waals surface area contributed by atoms with Crippen LogP contribution in [0.2, 0.25) is 0 Å². The molecule has 0 saturated carbocycles. The first-order valence-corrected chi connectivity index (χ1v) is 5.12. The van der Waals surface area contributed by atoms with Crippen molar-refractivity contribution >= 4 is 17.6 Å². The number of ether oxygens (including phenoxy) is 1. The Bertz CT molecular complexity index is 237. The topological polar surface area (TPSA) is 47.6 Å². The van der Waals surface area contributed by atoms with Crippen LogP contribution in [0.25, 0.3) is 0 Å². The van der Waals surface area contributed by atoms with Crippen LogP contribution in [0, 0.1) is 0 Å². The van der Waals surface area contributed by atoms with Crippen LogP contribution in [-0.2, 0) is 4.74 Å². The van der Waals surface area contributed by atoms with Gasteiger partial charge < -0.3 is 10.5 Å². The van der Waals surface area contributed by atoms with Crippen molar-refractivity contribution in [1.29, 1.82) is 0 Å². The molecule has 1 atom stereocenters. The lowest BCUT2D eigenvalue weighted by molar-refractivity contribution is 0.0218. The molecule has 1 fully saturated rings. The van der Waals surface area contributed by atoms with Crippen LogP contribution in [0.1, 0.15) is 19.3 Å². The number of hydrogen-bond donors (Lipinski definition) is 1. The summed E-state index contributed by atoms with van der Waals surface area (Å²) >= 11 is 5.39. The third-order valence-corrected chi connectivity index (χ3v) is 2.19. The third-order valence-electron chi connectivity index (χ3n) is 1.88. The highest BCUT2D eigenvalue weighted by Crippen LogP contribution is 2.14. The maximum Gasteiger partial charge on any atom is 0.212 e. The van der Waals surface area contributed by atoms with E-state index >= 15 is 0 Å². The fourth-order valence-corrected chi connectivity index (χ4v) is 1.27. The maximum absolute atomic E-state index is 13.1. The van der Waals surface area contributed by atoms with Gasteiger partial charge in [0.2, 0.25) is 5.97 Å². The van der Waals surface area contributed by atoms with E-state index in [2.05, 4.69) is 4.99 Å². The van der Waals surface area contributed by atoms with Crippen molar-refractivity contribution in [2.75, 3.05) is 12.5 Å². The lowest BCUT2D eigenvalue weighted by Crippen LogP contribution is -2.17. The van der Waals surface area contributed by atoms with Crippen molar-refractivity contribution in [3.05, 3.63) is 11.8 Å². The molecule has 0 amide bonds. The second kappa shape index (κ2) is 5.98. The van der Waals surface area contributed by atoms with Gasteiger partial charge in [-0.05, 0) is 19.3 Å². The van der Waals surface area contributed by atoms with Crippen molar-refractivity contribution in [2.24, 2.45) is 10.7 Å². The zero-order valence-electron chi connectivity index (χ0n) is 7.88. The minimum Gasteiger partial charge on any atom is -0.401 e. The van der Waals surface area contributed by atoms with E-state index in [1.165, 1.54) is 0 Å². The van der Waals surface area contributed by atoms with Gasteiger partial charge in [0.15, 0.2) is 6.23 Å². The van der Waals surface area contributed by atoms with Gasteiger partial charge in [0.25, 0.3) is 0 Å². The van der Waals surface area contributed by atoms with Crippen molar-refractivity contribution in [2.45, 2.75) is 25.5 Å². The van der Waals surface area contributed by atoms with Crippen LogP contribution in [-0.4, -0.2) is 24.7 Å². The van der Waals surface area contributed by atoms with E-state index in [-0.39, 0.29) is 17.8 Å². The van der Waals surface area contributed by atoms with Crippen molar-refractivity contribution < 1.29 is 9.13 Å². The molecule has 3 nitrogen and oxygen atoms in total. The minimum absolute atomic E-state index is 0.106. The van der Waals surface area contributed by atoms with Gasteiger partial charge in [-0.2, -0.15) is 4.39 Å². The SMILES string of the molecule is N/C(=C\C(F)=N\C1CCCCO1)CCl. The van der Waals surface area contributed by atoms with Gasteiger partial charge in [-0.1, -0.05) is 0 Å². The van der Waals surface area contributed by atoms with E-state index < -0.39 is 5.97 Å². The van der Waals surface area contributed by atoms with Crippen LogP contribution in [0.15, 0.2) is 16.8 Å². The largest absolute Gasteiger partial charge is 0.401 e. The third kappa shape index (κ3) is 4.07. The average molecular weight is 221 g/mol. The Balaban J connectivity index is 2.49. The first-order valence-electron chi connectivity index (χ1n) is 4.59. The predicted molar refractivity (Wildman–Crippen MR) is 55.1 cm³/mol. The van der Waals surface area contributed by atoms with Crippen LogP contribution in [0.3, 0.4) is 0 Å². The van der Waals surface area contributed by atoms with Crippen molar-refractivity contribution in [1.82, 2.24) is 0 Å². The summed E-state index contributed by atoms with van der Waals surface area (Å²) < 4.78 is 18.3. The quantitative estimate of drug-likeness (QED) is 0.584. The Morgan fingerprint density at radius 1 is 1.64 bits per heavy atom. The lowest BCUT2D eigenvalue weighted by atomic mass is 10.2. The monoisotopic (exact) mass is 220 g/mol. The van der Waals surface area contributed by atoms with E-state index in [4.69, 9.17) is 22.1 Å². The molecule has 1 aliphatic heterocycles. The Kier molecular flexibility index (Phi) is 4.90. The number of halogens is 2. The Morgan fingerprint density at radius 3 is 3.00 bits per heavy atom. The molecule has 80 valence electrons. The van der Waals surface area contributed by atoms with Gasteiger partial charge in [0.05, 0.1) is 5.88 Å². The number of allylic oxidation sites excluding steroid dienone is 2. The Labute approximate surface area is 87.8 Å². The molecule has 0 radical (unpaired) electrons. The average Bonchev–Trinajstić information content (AvgIpc) is 2.19. The molecule has 0 aromatic rings. The molecule has 0 aromatic heterocycles. The molecular weight excluding hydrogens is 207 g/mol. The zero-order chi connectivity index (χ0) is 10.4. The summed E-state index contributed by atoms with van der Waals surface area (Å²) in [7, 11) is 0. The highest BCUT2D eigenvalue weighted by atomic mass is 35.5. The first-order chi connectivity index (χ1) is 6.72. The first kappa shape index (κ1) is 11.5. The van der Waals surface area contributed by atoms with Crippen molar-refractivity contribution in [3.8, 4) is 0 Å². The number of rotatable bonds is 3. The number of aliphatic imine (C=N–C) groups is 1. The molecule has 0 bridgehead atoms. The minimum atomic E-state index is -0.616. The van der Waals surface area contributed by atoms with Gasteiger partial charge in [0.1, 0.15) is 0 Å². The smallest absolute Gasteiger partial charge is 0.212 e. The van der Waals surface area contributed by atoms with E-state index in [1.54, 1.807) is 0 Å². The Morgan fingerprint density at radius 2 is 2.43 bits per heavy atom. The summed E-state index contributed by atoms with van der Waals surface area (Å²) in [6, 6.07) is 0. The Hall–Kier alpha value is -0.610. The lowest BCUT2D eigenvalue weighted by Gasteiger charge is -2.18. The highest BCUT2D eigenvalue weighted by molar-refractivity contribution is 6.19. The van der Waals surface area contributed by atoms with Crippen LogP contribution in [0.5, 0.6) is 0 Å². The summed E-state index contributed by atoms with van der Waals surface area (Å²) in [4.78, 5) is 3.74. The van der Waals surface area contributed by atoms with E-state index in [9.17, 15) is 4.39 Å². The molecule has 1 aliphatic rings. The van der Waals surface area contributed by atoms with Crippen molar-refractivity contribution in [3.63, 3.8) is 0 Å². The van der Waals surface area contributed by atoms with Gasteiger partial charge >= 0.3 is 0 Å². The molecule has 1 rings (SSSR count). The summed E-state index contributed by atoms with van der Waals surface area (Å²) in [6.07, 6.45) is 3.58. The van der Waals surface area contributed by atoms with Crippen LogP contribution >= 0.6 is 11.6 Å². The molecular formula is C9H14ClFN2O. The standard InChI is InChI=1S/C9H14ClFN2O/c10-6-7(12)5-8(11)13-9-3-1-2-4-14-9/h5,9H,1-4,6,12H2/b7-5-,13-8-. The van der Waals surface area contributed by atoms with E-state index in [1.807, 2.05) is 0 Å².